The topological polar surface area (TPSA) is 69.6 Å². The standard InChI is InChI=1S/C13H16ClNO3/c14-6-5-13(3-4-13)8-15-12(18)9-1-2-10(16)11(17)7-9/h1-2,7,16-17H,3-6,8H2,(H,15,18). The monoisotopic (exact) mass is 269 g/mol. The zero-order valence-electron chi connectivity index (χ0n) is 9.95. The molecule has 1 saturated carbocycles. The number of carbonyl (C=O) groups excluding carboxylic acids is 1. The Bertz CT molecular complexity index is 458. The van der Waals surface area contributed by atoms with Crippen LogP contribution in [0.15, 0.2) is 18.2 Å². The molecule has 5 heteroatoms. The lowest BCUT2D eigenvalue weighted by Crippen LogP contribution is -2.30. The molecule has 1 aromatic rings. The van der Waals surface area contributed by atoms with Gasteiger partial charge in [-0.05, 0) is 42.9 Å². The summed E-state index contributed by atoms with van der Waals surface area (Å²) in [6.45, 7) is 0.611. The minimum Gasteiger partial charge on any atom is -0.504 e. The molecule has 1 aliphatic rings. The van der Waals surface area contributed by atoms with Gasteiger partial charge in [-0.2, -0.15) is 0 Å². The van der Waals surface area contributed by atoms with Gasteiger partial charge in [0.25, 0.3) is 5.91 Å². The summed E-state index contributed by atoms with van der Waals surface area (Å²) in [4.78, 5) is 11.9. The van der Waals surface area contributed by atoms with E-state index in [1.807, 2.05) is 0 Å². The summed E-state index contributed by atoms with van der Waals surface area (Å²) in [5.74, 6) is -0.154. The molecule has 1 amide bonds. The Hall–Kier alpha value is -1.42. The Balaban J connectivity index is 1.93. The number of nitrogens with one attached hydrogen (secondary N) is 1. The summed E-state index contributed by atoms with van der Waals surface area (Å²) in [7, 11) is 0. The van der Waals surface area contributed by atoms with Crippen molar-refractivity contribution in [3.05, 3.63) is 23.8 Å². The Morgan fingerprint density at radius 3 is 2.61 bits per heavy atom. The molecule has 0 radical (unpaired) electrons. The van der Waals surface area contributed by atoms with Gasteiger partial charge < -0.3 is 15.5 Å². The smallest absolute Gasteiger partial charge is 0.251 e. The van der Waals surface area contributed by atoms with Gasteiger partial charge in [0.05, 0.1) is 0 Å². The van der Waals surface area contributed by atoms with E-state index in [0.717, 1.165) is 19.3 Å². The molecule has 0 aliphatic heterocycles. The largest absolute Gasteiger partial charge is 0.504 e. The third kappa shape index (κ3) is 2.88. The maximum absolute atomic E-state index is 11.9. The highest BCUT2D eigenvalue weighted by Gasteiger charge is 2.41. The van der Waals surface area contributed by atoms with Crippen LogP contribution in [-0.4, -0.2) is 28.5 Å². The molecule has 4 nitrogen and oxygen atoms in total. The van der Waals surface area contributed by atoms with E-state index in [0.29, 0.717) is 18.0 Å². The Morgan fingerprint density at radius 2 is 2.06 bits per heavy atom. The summed E-state index contributed by atoms with van der Waals surface area (Å²) in [5, 5.41) is 21.3. The number of alkyl halides is 1. The quantitative estimate of drug-likeness (QED) is 0.567. The molecule has 0 heterocycles. The van der Waals surface area contributed by atoms with Crippen molar-refractivity contribution in [1.29, 1.82) is 0 Å². The first kappa shape index (κ1) is 13.0. The van der Waals surface area contributed by atoms with Crippen molar-refractivity contribution >= 4 is 17.5 Å². The molecular weight excluding hydrogens is 254 g/mol. The summed E-state index contributed by atoms with van der Waals surface area (Å²) in [5.41, 5.74) is 0.517. The van der Waals surface area contributed by atoms with Crippen LogP contribution in [-0.2, 0) is 0 Å². The van der Waals surface area contributed by atoms with E-state index < -0.39 is 0 Å². The number of carbonyl (C=O) groups is 1. The molecule has 0 atom stereocenters. The highest BCUT2D eigenvalue weighted by molar-refractivity contribution is 6.17. The molecule has 98 valence electrons. The molecule has 0 spiro atoms. The molecule has 0 bridgehead atoms. The van der Waals surface area contributed by atoms with E-state index in [9.17, 15) is 9.90 Å². The number of benzene rings is 1. The predicted molar refractivity (Wildman–Crippen MR) is 69.1 cm³/mol. The van der Waals surface area contributed by atoms with Gasteiger partial charge in [0.1, 0.15) is 0 Å². The van der Waals surface area contributed by atoms with Crippen LogP contribution >= 0.6 is 11.6 Å². The number of phenols is 2. The van der Waals surface area contributed by atoms with Gasteiger partial charge in [0.15, 0.2) is 11.5 Å². The second kappa shape index (κ2) is 5.06. The highest BCUT2D eigenvalue weighted by Crippen LogP contribution is 2.48. The van der Waals surface area contributed by atoms with Crippen LogP contribution in [0.2, 0.25) is 0 Å². The van der Waals surface area contributed by atoms with Crippen molar-refractivity contribution in [3.63, 3.8) is 0 Å². The number of hydrogen-bond acceptors (Lipinski definition) is 3. The summed E-state index contributed by atoms with van der Waals surface area (Å²) < 4.78 is 0. The van der Waals surface area contributed by atoms with Gasteiger partial charge in [-0.25, -0.2) is 0 Å². The number of halogens is 1. The Kier molecular flexibility index (Phi) is 3.66. The normalized spacial score (nSPS) is 16.3. The zero-order chi connectivity index (χ0) is 13.2. The van der Waals surface area contributed by atoms with Crippen molar-refractivity contribution in [2.75, 3.05) is 12.4 Å². The van der Waals surface area contributed by atoms with Crippen LogP contribution in [0.25, 0.3) is 0 Å². The highest BCUT2D eigenvalue weighted by atomic mass is 35.5. The molecule has 1 aromatic carbocycles. The van der Waals surface area contributed by atoms with Gasteiger partial charge in [-0.1, -0.05) is 0 Å². The first-order chi connectivity index (χ1) is 8.56. The van der Waals surface area contributed by atoms with E-state index in [2.05, 4.69) is 5.32 Å². The molecule has 0 unspecified atom stereocenters. The van der Waals surface area contributed by atoms with Crippen molar-refractivity contribution in [3.8, 4) is 11.5 Å². The summed E-state index contributed by atoms with van der Waals surface area (Å²) in [6.07, 6.45) is 3.11. The lowest BCUT2D eigenvalue weighted by Gasteiger charge is -2.14. The number of aromatic hydroxyl groups is 2. The van der Waals surface area contributed by atoms with Crippen LogP contribution < -0.4 is 5.32 Å². The lowest BCUT2D eigenvalue weighted by molar-refractivity contribution is 0.0944. The molecule has 1 aliphatic carbocycles. The van der Waals surface area contributed by atoms with Gasteiger partial charge in [0, 0.05) is 18.0 Å². The van der Waals surface area contributed by atoms with Crippen molar-refractivity contribution < 1.29 is 15.0 Å². The van der Waals surface area contributed by atoms with Crippen molar-refractivity contribution in [2.45, 2.75) is 19.3 Å². The third-order valence-electron chi connectivity index (χ3n) is 3.44. The Morgan fingerprint density at radius 1 is 1.33 bits per heavy atom. The van der Waals surface area contributed by atoms with E-state index in [-0.39, 0.29) is 22.8 Å². The molecule has 2 rings (SSSR count). The van der Waals surface area contributed by atoms with Gasteiger partial charge >= 0.3 is 0 Å². The lowest BCUT2D eigenvalue weighted by atomic mass is 10.0. The number of hydrogen-bond donors (Lipinski definition) is 3. The fourth-order valence-electron chi connectivity index (χ4n) is 1.93. The second-order valence-electron chi connectivity index (χ2n) is 4.83. The number of rotatable bonds is 5. The van der Waals surface area contributed by atoms with E-state index >= 15 is 0 Å². The first-order valence-electron chi connectivity index (χ1n) is 5.92. The first-order valence-corrected chi connectivity index (χ1v) is 6.46. The van der Waals surface area contributed by atoms with E-state index in [1.165, 1.54) is 18.2 Å². The number of phenolic OH excluding ortho intramolecular Hbond substituents is 2. The van der Waals surface area contributed by atoms with Crippen molar-refractivity contribution in [2.24, 2.45) is 5.41 Å². The SMILES string of the molecule is O=C(NCC1(CCCl)CC1)c1ccc(O)c(O)c1. The van der Waals surface area contributed by atoms with E-state index in [1.54, 1.807) is 0 Å². The molecule has 1 fully saturated rings. The van der Waals surface area contributed by atoms with Crippen LogP contribution in [0.4, 0.5) is 0 Å². The molecule has 3 N–H and O–H groups in total. The molecule has 0 aromatic heterocycles. The molecule has 18 heavy (non-hydrogen) atoms. The van der Waals surface area contributed by atoms with Crippen LogP contribution in [0.3, 0.4) is 0 Å². The average Bonchev–Trinajstić information content (AvgIpc) is 3.11. The fourth-order valence-corrected chi connectivity index (χ4v) is 2.33. The summed E-state index contributed by atoms with van der Waals surface area (Å²) >= 11 is 5.72. The van der Waals surface area contributed by atoms with Crippen LogP contribution in [0.5, 0.6) is 11.5 Å². The average molecular weight is 270 g/mol. The van der Waals surface area contributed by atoms with Gasteiger partial charge in [-0.3, -0.25) is 4.79 Å². The third-order valence-corrected chi connectivity index (χ3v) is 3.63. The van der Waals surface area contributed by atoms with Crippen LogP contribution in [0.1, 0.15) is 29.6 Å². The molecular formula is C13H16ClNO3. The van der Waals surface area contributed by atoms with Crippen LogP contribution in [0, 0.1) is 5.41 Å². The Labute approximate surface area is 111 Å². The van der Waals surface area contributed by atoms with E-state index in [4.69, 9.17) is 16.7 Å². The van der Waals surface area contributed by atoms with Gasteiger partial charge in [-0.15, -0.1) is 11.6 Å². The summed E-state index contributed by atoms with van der Waals surface area (Å²) in [6, 6.07) is 4.03. The maximum atomic E-state index is 11.9. The van der Waals surface area contributed by atoms with Gasteiger partial charge in [0.2, 0.25) is 0 Å². The fraction of sp³-hybridized carbons (Fsp3) is 0.462. The zero-order valence-corrected chi connectivity index (χ0v) is 10.7. The number of amides is 1. The predicted octanol–water partition coefficient (Wildman–Crippen LogP) is 2.24. The van der Waals surface area contributed by atoms with Crippen molar-refractivity contribution in [1.82, 2.24) is 5.32 Å². The second-order valence-corrected chi connectivity index (χ2v) is 5.20. The minimum absolute atomic E-state index is 0.177. The maximum Gasteiger partial charge on any atom is 0.251 e. The minimum atomic E-state index is -0.287. The molecule has 0 saturated heterocycles.